The van der Waals surface area contributed by atoms with Crippen molar-refractivity contribution in [2.24, 2.45) is 11.8 Å². The molecule has 5 nitrogen and oxygen atoms in total. The highest BCUT2D eigenvalue weighted by Gasteiger charge is 2.28. The molecular formula is C11H17N3O2. The number of nitrogens with one attached hydrogen (secondary N) is 1. The number of nitrogens with two attached hydrogens (primary N) is 1. The molecule has 3 N–H and O–H groups in total. The molecule has 2 unspecified atom stereocenters. The molecular weight excluding hydrogens is 206 g/mol. The molecule has 0 amide bonds. The van der Waals surface area contributed by atoms with E-state index in [-0.39, 0.29) is 6.04 Å². The lowest BCUT2D eigenvalue weighted by Crippen LogP contribution is -2.34. The van der Waals surface area contributed by atoms with E-state index >= 15 is 0 Å². The maximum absolute atomic E-state index is 5.63. The number of rotatable bonds is 4. The Kier molecular flexibility index (Phi) is 3.71. The summed E-state index contributed by atoms with van der Waals surface area (Å²) >= 11 is 0. The molecule has 5 heteroatoms. The first kappa shape index (κ1) is 11.3. The summed E-state index contributed by atoms with van der Waals surface area (Å²) in [5, 5.41) is 0. The highest BCUT2D eigenvalue weighted by molar-refractivity contribution is 5.33. The first-order valence-corrected chi connectivity index (χ1v) is 5.38. The van der Waals surface area contributed by atoms with Gasteiger partial charge in [0.15, 0.2) is 0 Å². The number of nitrogens with zero attached hydrogens (tertiary/aromatic N) is 1. The summed E-state index contributed by atoms with van der Waals surface area (Å²) < 4.78 is 10.7. The molecule has 1 aromatic heterocycles. The topological polar surface area (TPSA) is 69.4 Å². The van der Waals surface area contributed by atoms with Crippen molar-refractivity contribution in [1.29, 1.82) is 0 Å². The number of methoxy groups -OCH3 is 1. The molecule has 0 spiro atoms. The van der Waals surface area contributed by atoms with E-state index in [2.05, 4.69) is 10.4 Å². The maximum Gasteiger partial charge on any atom is 0.141 e. The summed E-state index contributed by atoms with van der Waals surface area (Å²) in [4.78, 5) is 4.03. The lowest BCUT2D eigenvalue weighted by molar-refractivity contribution is 0.176. The monoisotopic (exact) mass is 223 g/mol. The average molecular weight is 223 g/mol. The third-order valence-electron chi connectivity index (χ3n) is 2.99. The lowest BCUT2D eigenvalue weighted by atomic mass is 9.93. The molecule has 88 valence electrons. The molecule has 1 fully saturated rings. The zero-order chi connectivity index (χ0) is 11.4. The van der Waals surface area contributed by atoms with Crippen LogP contribution < -0.4 is 16.0 Å². The van der Waals surface area contributed by atoms with Crippen molar-refractivity contribution in [2.45, 2.75) is 12.5 Å². The number of ether oxygens (including phenoxy) is 2. The minimum Gasteiger partial charge on any atom is -0.495 e. The van der Waals surface area contributed by atoms with E-state index in [1.807, 2.05) is 6.07 Å². The van der Waals surface area contributed by atoms with Gasteiger partial charge in [0.2, 0.25) is 0 Å². The molecule has 16 heavy (non-hydrogen) atoms. The third kappa shape index (κ3) is 2.16. The van der Waals surface area contributed by atoms with Crippen LogP contribution in [0.3, 0.4) is 0 Å². The highest BCUT2D eigenvalue weighted by atomic mass is 16.5. The van der Waals surface area contributed by atoms with Gasteiger partial charge >= 0.3 is 0 Å². The first-order valence-electron chi connectivity index (χ1n) is 5.38. The molecule has 2 rings (SSSR count). The Balaban J connectivity index is 2.24. The van der Waals surface area contributed by atoms with Gasteiger partial charge in [0.25, 0.3) is 0 Å². The van der Waals surface area contributed by atoms with Crippen molar-refractivity contribution in [3.8, 4) is 5.75 Å². The second-order valence-electron chi connectivity index (χ2n) is 3.89. The van der Waals surface area contributed by atoms with E-state index in [9.17, 15) is 0 Å². The van der Waals surface area contributed by atoms with Crippen LogP contribution in [0.15, 0.2) is 18.5 Å². The fourth-order valence-corrected chi connectivity index (χ4v) is 2.11. The minimum atomic E-state index is 0.0560. The van der Waals surface area contributed by atoms with Crippen LogP contribution in [0.5, 0.6) is 5.75 Å². The van der Waals surface area contributed by atoms with Gasteiger partial charge in [-0.15, -0.1) is 0 Å². The van der Waals surface area contributed by atoms with Crippen LogP contribution >= 0.6 is 0 Å². The second kappa shape index (κ2) is 5.25. The minimum absolute atomic E-state index is 0.0560. The Bertz CT molecular complexity index is 340. The highest BCUT2D eigenvalue weighted by Crippen LogP contribution is 2.32. The van der Waals surface area contributed by atoms with E-state index in [0.717, 1.165) is 30.9 Å². The van der Waals surface area contributed by atoms with Crippen LogP contribution in [0.1, 0.15) is 18.0 Å². The van der Waals surface area contributed by atoms with Gasteiger partial charge in [0.1, 0.15) is 5.75 Å². The van der Waals surface area contributed by atoms with Gasteiger partial charge in [-0.3, -0.25) is 16.3 Å². The summed E-state index contributed by atoms with van der Waals surface area (Å²) in [6.07, 6.45) is 4.47. The van der Waals surface area contributed by atoms with Crippen LogP contribution in [0.25, 0.3) is 0 Å². The van der Waals surface area contributed by atoms with Gasteiger partial charge in [-0.25, -0.2) is 0 Å². The van der Waals surface area contributed by atoms with Crippen LogP contribution in [-0.2, 0) is 4.74 Å². The smallest absolute Gasteiger partial charge is 0.141 e. The van der Waals surface area contributed by atoms with Crippen molar-refractivity contribution in [1.82, 2.24) is 10.4 Å². The summed E-state index contributed by atoms with van der Waals surface area (Å²) in [6.45, 7) is 1.54. The molecule has 0 saturated carbocycles. The molecule has 1 saturated heterocycles. The lowest BCUT2D eigenvalue weighted by Gasteiger charge is -2.23. The fraction of sp³-hybridized carbons (Fsp3) is 0.545. The standard InChI is InChI=1S/C11H17N3O2/c1-15-10-6-13-4-2-9(10)11(14-12)8-3-5-16-7-8/h2,4,6,8,11,14H,3,5,7,12H2,1H3. The van der Waals surface area contributed by atoms with Crippen molar-refractivity contribution in [3.05, 3.63) is 24.0 Å². The Morgan fingerprint density at radius 3 is 3.19 bits per heavy atom. The third-order valence-corrected chi connectivity index (χ3v) is 2.99. The predicted octanol–water partition coefficient (Wildman–Crippen LogP) is 0.631. The molecule has 2 atom stereocenters. The molecule has 0 aliphatic carbocycles. The van der Waals surface area contributed by atoms with Crippen LogP contribution in [0.4, 0.5) is 0 Å². The van der Waals surface area contributed by atoms with Gasteiger partial charge in [-0.05, 0) is 12.5 Å². The van der Waals surface area contributed by atoms with E-state index in [0.29, 0.717) is 5.92 Å². The second-order valence-corrected chi connectivity index (χ2v) is 3.89. The largest absolute Gasteiger partial charge is 0.495 e. The molecule has 0 bridgehead atoms. The maximum atomic E-state index is 5.63. The summed E-state index contributed by atoms with van der Waals surface area (Å²) in [6, 6.07) is 1.99. The molecule has 1 aliphatic heterocycles. The van der Waals surface area contributed by atoms with Crippen LogP contribution in [0, 0.1) is 5.92 Å². The van der Waals surface area contributed by atoms with Crippen LogP contribution in [0.2, 0.25) is 0 Å². The fourth-order valence-electron chi connectivity index (χ4n) is 2.11. The molecule has 0 radical (unpaired) electrons. The van der Waals surface area contributed by atoms with Gasteiger partial charge in [0, 0.05) is 24.3 Å². The van der Waals surface area contributed by atoms with Crippen molar-refractivity contribution >= 4 is 0 Å². The number of hydrogen-bond acceptors (Lipinski definition) is 5. The first-order chi connectivity index (χ1) is 7.86. The number of pyridine rings is 1. The Morgan fingerprint density at radius 1 is 1.69 bits per heavy atom. The number of hydrogen-bond donors (Lipinski definition) is 2. The quantitative estimate of drug-likeness (QED) is 0.579. The molecule has 1 aromatic rings. The van der Waals surface area contributed by atoms with Gasteiger partial charge in [-0.1, -0.05) is 0 Å². The molecule has 2 heterocycles. The molecule has 1 aliphatic rings. The van der Waals surface area contributed by atoms with E-state index < -0.39 is 0 Å². The molecule has 0 aromatic carbocycles. The average Bonchev–Trinajstić information content (AvgIpc) is 2.84. The van der Waals surface area contributed by atoms with Crippen molar-refractivity contribution < 1.29 is 9.47 Å². The predicted molar refractivity (Wildman–Crippen MR) is 59.8 cm³/mol. The Labute approximate surface area is 94.9 Å². The summed E-state index contributed by atoms with van der Waals surface area (Å²) in [5.74, 6) is 6.78. The van der Waals surface area contributed by atoms with E-state index in [1.54, 1.807) is 19.5 Å². The van der Waals surface area contributed by atoms with Gasteiger partial charge in [0.05, 0.1) is 26.0 Å². The van der Waals surface area contributed by atoms with Crippen molar-refractivity contribution in [3.63, 3.8) is 0 Å². The zero-order valence-electron chi connectivity index (χ0n) is 9.35. The van der Waals surface area contributed by atoms with Crippen LogP contribution in [-0.4, -0.2) is 25.3 Å². The van der Waals surface area contributed by atoms with Crippen molar-refractivity contribution in [2.75, 3.05) is 20.3 Å². The SMILES string of the molecule is COc1cnccc1C(NN)C1CCOC1. The van der Waals surface area contributed by atoms with E-state index in [4.69, 9.17) is 15.3 Å². The number of hydrazine groups is 1. The zero-order valence-corrected chi connectivity index (χ0v) is 9.35. The normalized spacial score (nSPS) is 22.0. The summed E-state index contributed by atoms with van der Waals surface area (Å²) in [5.41, 5.74) is 3.88. The van der Waals surface area contributed by atoms with Gasteiger partial charge < -0.3 is 9.47 Å². The Morgan fingerprint density at radius 2 is 2.56 bits per heavy atom. The Hall–Kier alpha value is -1.17. The van der Waals surface area contributed by atoms with E-state index in [1.165, 1.54) is 0 Å². The van der Waals surface area contributed by atoms with Gasteiger partial charge in [-0.2, -0.15) is 0 Å². The summed E-state index contributed by atoms with van der Waals surface area (Å²) in [7, 11) is 1.64. The number of aromatic nitrogens is 1.